The Morgan fingerprint density at radius 1 is 1.27 bits per heavy atom. The zero-order chi connectivity index (χ0) is 15.4. The van der Waals surface area contributed by atoms with E-state index in [-0.39, 0.29) is 0 Å². The predicted octanol–water partition coefficient (Wildman–Crippen LogP) is 0.502. The molecular weight excluding hydrogens is 278 g/mol. The normalized spacial score (nSPS) is 15.6. The Labute approximate surface area is 129 Å². The molecule has 2 aromatic rings. The summed E-state index contributed by atoms with van der Waals surface area (Å²) in [6, 6.07) is 2.15. The number of nitrogens with one attached hydrogen (secondary N) is 1. The molecule has 1 saturated heterocycles. The van der Waals surface area contributed by atoms with Gasteiger partial charge in [0.1, 0.15) is 6.07 Å². The fourth-order valence-electron chi connectivity index (χ4n) is 2.54. The second-order valence-corrected chi connectivity index (χ2v) is 5.32. The van der Waals surface area contributed by atoms with E-state index in [0.29, 0.717) is 11.5 Å². The number of nitriles is 1. The van der Waals surface area contributed by atoms with E-state index < -0.39 is 0 Å². The van der Waals surface area contributed by atoms with Gasteiger partial charge in [0.15, 0.2) is 0 Å². The van der Waals surface area contributed by atoms with Crippen molar-refractivity contribution in [1.82, 2.24) is 30.0 Å². The summed E-state index contributed by atoms with van der Waals surface area (Å²) in [6.07, 6.45) is 6.08. The quantitative estimate of drug-likeness (QED) is 0.885. The highest BCUT2D eigenvalue weighted by molar-refractivity contribution is 5.33. The van der Waals surface area contributed by atoms with E-state index in [2.05, 4.69) is 31.4 Å². The zero-order valence-corrected chi connectivity index (χ0v) is 12.7. The van der Waals surface area contributed by atoms with Crippen LogP contribution in [0, 0.1) is 11.3 Å². The Bertz CT molecular complexity index is 662. The van der Waals surface area contributed by atoms with Crippen LogP contribution >= 0.6 is 0 Å². The number of nitrogens with zero attached hydrogens (tertiary/aromatic N) is 6. The summed E-state index contributed by atoms with van der Waals surface area (Å²) in [5.41, 5.74) is 2.45. The van der Waals surface area contributed by atoms with Gasteiger partial charge >= 0.3 is 0 Å². The van der Waals surface area contributed by atoms with E-state index in [1.54, 1.807) is 10.9 Å². The van der Waals surface area contributed by atoms with Gasteiger partial charge in [0.2, 0.25) is 5.95 Å². The van der Waals surface area contributed by atoms with Crippen molar-refractivity contribution in [2.75, 3.05) is 26.2 Å². The minimum Gasteiger partial charge on any atom is -0.314 e. The van der Waals surface area contributed by atoms with Crippen LogP contribution in [0.25, 0.3) is 5.95 Å². The van der Waals surface area contributed by atoms with Gasteiger partial charge in [-0.2, -0.15) is 10.4 Å². The van der Waals surface area contributed by atoms with Crippen LogP contribution in [0.2, 0.25) is 0 Å². The summed E-state index contributed by atoms with van der Waals surface area (Å²) in [6.45, 7) is 7.00. The third-order valence-electron chi connectivity index (χ3n) is 3.76. The lowest BCUT2D eigenvalue weighted by atomic mass is 10.2. The molecule has 114 valence electrons. The molecular formula is C15H19N7. The van der Waals surface area contributed by atoms with E-state index in [0.717, 1.165) is 50.4 Å². The van der Waals surface area contributed by atoms with E-state index in [1.165, 1.54) is 0 Å². The molecule has 0 radical (unpaired) electrons. The average Bonchev–Trinajstić information content (AvgIpc) is 3.00. The highest BCUT2D eigenvalue weighted by atomic mass is 15.3. The molecule has 1 N–H and O–H groups in total. The molecule has 0 aromatic carbocycles. The molecule has 0 atom stereocenters. The summed E-state index contributed by atoms with van der Waals surface area (Å²) in [7, 11) is 0. The maximum atomic E-state index is 9.08. The van der Waals surface area contributed by atoms with Gasteiger partial charge in [0, 0.05) is 50.7 Å². The Hall–Kier alpha value is -2.30. The minimum atomic E-state index is 0.500. The second kappa shape index (κ2) is 6.64. The van der Waals surface area contributed by atoms with Crippen molar-refractivity contribution in [3.05, 3.63) is 35.4 Å². The molecule has 0 spiro atoms. The van der Waals surface area contributed by atoms with Crippen LogP contribution in [0.1, 0.15) is 23.7 Å². The molecule has 0 unspecified atom stereocenters. The number of aryl methyl sites for hydroxylation is 1. The summed E-state index contributed by atoms with van der Waals surface area (Å²) >= 11 is 0. The third-order valence-corrected chi connectivity index (χ3v) is 3.76. The van der Waals surface area contributed by atoms with Gasteiger partial charge in [0.05, 0.1) is 17.5 Å². The van der Waals surface area contributed by atoms with Crippen LogP contribution in [-0.2, 0) is 13.0 Å². The van der Waals surface area contributed by atoms with Crippen LogP contribution in [0.15, 0.2) is 18.6 Å². The molecule has 1 fully saturated rings. The van der Waals surface area contributed by atoms with E-state index in [1.807, 2.05) is 19.3 Å². The molecule has 7 heteroatoms. The van der Waals surface area contributed by atoms with Crippen molar-refractivity contribution in [2.24, 2.45) is 0 Å². The van der Waals surface area contributed by atoms with Crippen LogP contribution < -0.4 is 5.32 Å². The Morgan fingerprint density at radius 3 is 2.59 bits per heavy atom. The SMILES string of the molecule is CCc1nn(-c2ncc(CN3CCNCC3)cn2)cc1C#N. The first kappa shape index (κ1) is 14.6. The smallest absolute Gasteiger partial charge is 0.250 e. The first-order valence-corrected chi connectivity index (χ1v) is 7.53. The van der Waals surface area contributed by atoms with Gasteiger partial charge in [-0.25, -0.2) is 14.6 Å². The van der Waals surface area contributed by atoms with E-state index in [9.17, 15) is 0 Å². The van der Waals surface area contributed by atoms with Crippen LogP contribution in [0.5, 0.6) is 0 Å². The second-order valence-electron chi connectivity index (χ2n) is 5.32. The molecule has 3 rings (SSSR count). The summed E-state index contributed by atoms with van der Waals surface area (Å²) in [5, 5.41) is 16.8. The lowest BCUT2D eigenvalue weighted by Gasteiger charge is -2.26. The molecule has 1 aliphatic rings. The van der Waals surface area contributed by atoms with Crippen molar-refractivity contribution >= 4 is 0 Å². The number of aromatic nitrogens is 4. The van der Waals surface area contributed by atoms with Crippen LogP contribution in [0.4, 0.5) is 0 Å². The number of hydrogen-bond acceptors (Lipinski definition) is 6. The third kappa shape index (κ3) is 3.13. The Kier molecular flexibility index (Phi) is 4.42. The summed E-state index contributed by atoms with van der Waals surface area (Å²) in [5.74, 6) is 0.500. The molecule has 3 heterocycles. The predicted molar refractivity (Wildman–Crippen MR) is 81.4 cm³/mol. The standard InChI is InChI=1S/C15H19N7/c1-2-14-13(7-16)11-22(20-14)15-18-8-12(9-19-15)10-21-5-3-17-4-6-21/h8-9,11,17H,2-6,10H2,1H3. The van der Waals surface area contributed by atoms with Crippen LogP contribution in [0.3, 0.4) is 0 Å². The molecule has 7 nitrogen and oxygen atoms in total. The molecule has 2 aromatic heterocycles. The van der Waals surface area contributed by atoms with Crippen molar-refractivity contribution in [3.63, 3.8) is 0 Å². The topological polar surface area (TPSA) is 82.7 Å². The van der Waals surface area contributed by atoms with Gasteiger partial charge < -0.3 is 5.32 Å². The van der Waals surface area contributed by atoms with E-state index in [4.69, 9.17) is 5.26 Å². The first-order chi connectivity index (χ1) is 10.8. The fraction of sp³-hybridized carbons (Fsp3) is 0.467. The fourth-order valence-corrected chi connectivity index (χ4v) is 2.54. The van der Waals surface area contributed by atoms with Gasteiger partial charge in [0.25, 0.3) is 0 Å². The first-order valence-electron chi connectivity index (χ1n) is 7.53. The maximum Gasteiger partial charge on any atom is 0.250 e. The van der Waals surface area contributed by atoms with Crippen molar-refractivity contribution < 1.29 is 0 Å². The maximum absolute atomic E-state index is 9.08. The number of hydrogen-bond donors (Lipinski definition) is 1. The van der Waals surface area contributed by atoms with Gasteiger partial charge in [-0.3, -0.25) is 4.90 Å². The number of piperazine rings is 1. The largest absolute Gasteiger partial charge is 0.314 e. The summed E-state index contributed by atoms with van der Waals surface area (Å²) in [4.78, 5) is 11.1. The summed E-state index contributed by atoms with van der Waals surface area (Å²) < 4.78 is 1.58. The van der Waals surface area contributed by atoms with Crippen molar-refractivity contribution in [3.8, 4) is 12.0 Å². The monoisotopic (exact) mass is 297 g/mol. The molecule has 0 saturated carbocycles. The van der Waals surface area contributed by atoms with E-state index >= 15 is 0 Å². The molecule has 0 aliphatic carbocycles. The lowest BCUT2D eigenvalue weighted by molar-refractivity contribution is 0.232. The molecule has 0 bridgehead atoms. The number of rotatable bonds is 4. The zero-order valence-electron chi connectivity index (χ0n) is 12.7. The van der Waals surface area contributed by atoms with Crippen LogP contribution in [-0.4, -0.2) is 50.8 Å². The Morgan fingerprint density at radius 2 is 2.00 bits per heavy atom. The minimum absolute atomic E-state index is 0.500. The highest BCUT2D eigenvalue weighted by Crippen LogP contribution is 2.10. The van der Waals surface area contributed by atoms with Crippen molar-refractivity contribution in [1.29, 1.82) is 5.26 Å². The Balaban J connectivity index is 1.73. The van der Waals surface area contributed by atoms with Gasteiger partial charge in [-0.1, -0.05) is 6.92 Å². The van der Waals surface area contributed by atoms with Crippen molar-refractivity contribution in [2.45, 2.75) is 19.9 Å². The van der Waals surface area contributed by atoms with Gasteiger partial charge in [-0.05, 0) is 6.42 Å². The van der Waals surface area contributed by atoms with Gasteiger partial charge in [-0.15, -0.1) is 0 Å². The molecule has 1 aliphatic heterocycles. The molecule has 0 amide bonds. The average molecular weight is 297 g/mol. The lowest BCUT2D eigenvalue weighted by Crippen LogP contribution is -2.42. The molecule has 22 heavy (non-hydrogen) atoms. The highest BCUT2D eigenvalue weighted by Gasteiger charge is 2.12.